The summed E-state index contributed by atoms with van der Waals surface area (Å²) >= 11 is 1.18. The zero-order valence-electron chi connectivity index (χ0n) is 37.0. The van der Waals surface area contributed by atoms with Gasteiger partial charge in [-0.15, -0.1) is 11.8 Å². The lowest BCUT2D eigenvalue weighted by Gasteiger charge is -2.40. The molecule has 19 nitrogen and oxygen atoms in total. The lowest BCUT2D eigenvalue weighted by molar-refractivity contribution is -0.385. The normalized spacial score (nSPS) is 18.6. The Hall–Kier alpha value is -2.29. The third-order valence-corrected chi connectivity index (χ3v) is 15.1. The summed E-state index contributed by atoms with van der Waals surface area (Å²) in [7, 11) is -13.8. The number of rotatable bonds is 21. The third-order valence-electron chi connectivity index (χ3n) is 9.04. The maximum absolute atomic E-state index is 13.9. The molecule has 0 aromatic heterocycles. The number of nitrogens with zero attached hydrogens (tertiary/aromatic N) is 2. The SMILES string of the molecule is CC(C)(C)OP(=O)(O)OC(C)(C)CCOC(C)(C)P(=O)(O)OC(C)(C)CC(C)(C)SC1CC(=O)N(C(C)(C)CC(C)(C)C(=O)Oc2ccc(S(=O)(=O)O)cc2[N+](=O)[O-])C1=O. The molecule has 1 fully saturated rings. The molecule has 1 aliphatic heterocycles. The molecule has 0 spiro atoms. The topological polar surface area (TPSA) is 273 Å². The van der Waals surface area contributed by atoms with Crippen LogP contribution in [0.15, 0.2) is 23.1 Å². The van der Waals surface area contributed by atoms with Gasteiger partial charge in [0, 0.05) is 22.8 Å². The minimum atomic E-state index is -4.80. The molecule has 1 aromatic carbocycles. The zero-order chi connectivity index (χ0) is 47.1. The summed E-state index contributed by atoms with van der Waals surface area (Å²) in [5.74, 6) is -2.59. The number of esters is 1. The number of likely N-dealkylation sites (tertiary alicyclic amines) is 1. The molecule has 23 heteroatoms. The van der Waals surface area contributed by atoms with Gasteiger partial charge in [-0.3, -0.25) is 47.6 Å². The molecule has 0 bridgehead atoms. The van der Waals surface area contributed by atoms with Gasteiger partial charge in [0.2, 0.25) is 17.6 Å². The number of amides is 2. The number of thioether (sulfide) groups is 1. The van der Waals surface area contributed by atoms with E-state index in [9.17, 15) is 56.4 Å². The Morgan fingerprint density at radius 2 is 1.45 bits per heavy atom. The molecule has 1 saturated heterocycles. The summed E-state index contributed by atoms with van der Waals surface area (Å²) < 4.78 is 85.1. The first-order valence-electron chi connectivity index (χ1n) is 18.9. The van der Waals surface area contributed by atoms with Gasteiger partial charge in [-0.25, -0.2) is 4.57 Å². The van der Waals surface area contributed by atoms with E-state index in [1.807, 2.05) is 0 Å². The average molecular weight is 933 g/mol. The monoisotopic (exact) mass is 932 g/mol. The average Bonchev–Trinajstić information content (AvgIpc) is 3.24. The number of carbonyl (C=O) groups excluding carboxylic acids is 3. The predicted octanol–water partition coefficient (Wildman–Crippen LogP) is 7.81. The van der Waals surface area contributed by atoms with E-state index in [1.54, 1.807) is 76.2 Å². The summed E-state index contributed by atoms with van der Waals surface area (Å²) in [6.45, 7) is 23.4. The molecule has 1 heterocycles. The fourth-order valence-corrected chi connectivity index (χ4v) is 11.8. The molecular formula is C37H62N2O17P2S2. The fraction of sp³-hybridized carbons (Fsp3) is 0.757. The van der Waals surface area contributed by atoms with E-state index in [-0.39, 0.29) is 32.3 Å². The molecule has 1 aromatic rings. The smallest absolute Gasteiger partial charge is 0.419 e. The molecule has 0 saturated carbocycles. The highest BCUT2D eigenvalue weighted by Crippen LogP contribution is 2.60. The van der Waals surface area contributed by atoms with Crippen molar-refractivity contribution in [1.29, 1.82) is 0 Å². The molecular weight excluding hydrogens is 870 g/mol. The molecule has 3 N–H and O–H groups in total. The number of hydrogen-bond acceptors (Lipinski definition) is 15. The zero-order valence-corrected chi connectivity index (χ0v) is 40.4. The van der Waals surface area contributed by atoms with Crippen LogP contribution in [-0.4, -0.2) is 94.7 Å². The summed E-state index contributed by atoms with van der Waals surface area (Å²) in [6.07, 6.45) is -0.144. The quantitative estimate of drug-likeness (QED) is 0.0202. The van der Waals surface area contributed by atoms with Crippen LogP contribution in [0.25, 0.3) is 0 Å². The van der Waals surface area contributed by atoms with Crippen LogP contribution in [0.2, 0.25) is 0 Å². The second kappa shape index (κ2) is 18.1. The molecule has 2 amide bonds. The van der Waals surface area contributed by atoms with E-state index in [4.69, 9.17) is 23.0 Å². The number of nitro benzene ring substituents is 1. The Labute approximate surface area is 357 Å². The number of benzene rings is 1. The highest BCUT2D eigenvalue weighted by atomic mass is 32.2. The summed E-state index contributed by atoms with van der Waals surface area (Å²) in [5.41, 5.74) is -7.04. The van der Waals surface area contributed by atoms with Crippen molar-refractivity contribution in [3.05, 3.63) is 28.3 Å². The van der Waals surface area contributed by atoms with Gasteiger partial charge in [0.1, 0.15) is 4.90 Å². The summed E-state index contributed by atoms with van der Waals surface area (Å²) in [4.78, 5) is 73.0. The van der Waals surface area contributed by atoms with E-state index in [0.29, 0.717) is 6.07 Å². The highest BCUT2D eigenvalue weighted by Gasteiger charge is 2.52. The van der Waals surface area contributed by atoms with Crippen LogP contribution in [0.4, 0.5) is 5.69 Å². The van der Waals surface area contributed by atoms with E-state index in [2.05, 4.69) is 0 Å². The number of carbonyl (C=O) groups is 3. The number of phosphoric acid groups is 1. The van der Waals surface area contributed by atoms with Crippen molar-refractivity contribution in [2.24, 2.45) is 5.41 Å². The van der Waals surface area contributed by atoms with Crippen molar-refractivity contribution in [3.63, 3.8) is 0 Å². The minimum absolute atomic E-state index is 0.0479. The summed E-state index contributed by atoms with van der Waals surface area (Å²) in [6, 6.07) is 2.25. The number of ether oxygens (including phenoxy) is 2. The minimum Gasteiger partial charge on any atom is -0.419 e. The second-order valence-electron chi connectivity index (χ2n) is 19.4. The van der Waals surface area contributed by atoms with Gasteiger partial charge in [0.05, 0.1) is 39.0 Å². The van der Waals surface area contributed by atoms with E-state index in [0.717, 1.165) is 17.0 Å². The van der Waals surface area contributed by atoms with E-state index < -0.39 is 108 Å². The Balaban J connectivity index is 2.13. The highest BCUT2D eigenvalue weighted by molar-refractivity contribution is 8.02. The fourth-order valence-electron chi connectivity index (χ4n) is 6.97. The van der Waals surface area contributed by atoms with Gasteiger partial charge in [-0.1, -0.05) is 13.8 Å². The predicted molar refractivity (Wildman–Crippen MR) is 223 cm³/mol. The van der Waals surface area contributed by atoms with E-state index >= 15 is 0 Å². The Kier molecular flexibility index (Phi) is 16.2. The number of phosphoric ester groups is 1. The van der Waals surface area contributed by atoms with Gasteiger partial charge < -0.3 is 23.8 Å². The first-order chi connectivity index (χ1) is 26.4. The first-order valence-corrected chi connectivity index (χ1v) is 24.3. The molecule has 0 radical (unpaired) electrons. The van der Waals surface area contributed by atoms with Crippen molar-refractivity contribution in [2.75, 3.05) is 6.61 Å². The molecule has 0 aliphatic carbocycles. The van der Waals surface area contributed by atoms with Crippen LogP contribution in [-0.2, 0) is 51.9 Å². The van der Waals surface area contributed by atoms with Crippen molar-refractivity contribution in [3.8, 4) is 5.75 Å². The lowest BCUT2D eigenvalue weighted by Crippen LogP contribution is -2.52. The third kappa shape index (κ3) is 15.2. The van der Waals surface area contributed by atoms with Crippen LogP contribution in [0.5, 0.6) is 5.75 Å². The Morgan fingerprint density at radius 1 is 0.900 bits per heavy atom. The van der Waals surface area contributed by atoms with Crippen LogP contribution < -0.4 is 4.74 Å². The van der Waals surface area contributed by atoms with Gasteiger partial charge in [0.15, 0.2) is 5.34 Å². The van der Waals surface area contributed by atoms with Crippen molar-refractivity contribution >= 4 is 60.8 Å². The van der Waals surface area contributed by atoms with Crippen LogP contribution in [0.3, 0.4) is 0 Å². The van der Waals surface area contributed by atoms with Gasteiger partial charge in [0.25, 0.3) is 10.1 Å². The number of hydrogen-bond donors (Lipinski definition) is 3. The van der Waals surface area contributed by atoms with Crippen molar-refractivity contribution in [2.45, 2.75) is 172 Å². The van der Waals surface area contributed by atoms with Crippen LogP contribution >= 0.6 is 27.2 Å². The Bertz CT molecular complexity index is 2020. The number of nitro groups is 1. The maximum Gasteiger partial charge on any atom is 0.473 e. The molecule has 1 aliphatic rings. The van der Waals surface area contributed by atoms with Crippen molar-refractivity contribution in [1.82, 2.24) is 4.90 Å². The molecule has 3 atom stereocenters. The van der Waals surface area contributed by atoms with Gasteiger partial charge in [-0.2, -0.15) is 8.42 Å². The maximum atomic E-state index is 13.9. The van der Waals surface area contributed by atoms with E-state index in [1.165, 1.54) is 39.5 Å². The molecule has 344 valence electrons. The largest absolute Gasteiger partial charge is 0.473 e. The van der Waals surface area contributed by atoms with Crippen LogP contribution in [0, 0.1) is 15.5 Å². The molecule has 2 rings (SSSR count). The second-order valence-corrected chi connectivity index (χ2v) is 26.3. The molecule has 3 unspecified atom stereocenters. The Morgan fingerprint density at radius 3 is 1.95 bits per heavy atom. The number of imide groups is 1. The first kappa shape index (κ1) is 53.8. The molecule has 60 heavy (non-hydrogen) atoms. The lowest BCUT2D eigenvalue weighted by atomic mass is 9.79. The van der Waals surface area contributed by atoms with Crippen molar-refractivity contribution < 1.29 is 74.2 Å². The van der Waals surface area contributed by atoms with Gasteiger partial charge in [-0.05, 0) is 121 Å². The standard InChI is InChI=1S/C37H62N2O17P2S2/c1-31(2,3)54-58(47,48)56-34(8,9)18-19-52-37(14,15)57(45,46)55-35(10,11)23-36(12,13)59-27-21-28(40)38(29(27)41)33(6,7)22-32(4,5)30(42)53-26-17-16-24(60(49,50)51)20-25(26)39(43)44/h16-17,20,27H,18-19,21-23H2,1-15H3,(H,45,46)(H,47,48)(H,49,50,51). The van der Waals surface area contributed by atoms with Crippen LogP contribution in [0.1, 0.15) is 130 Å². The summed E-state index contributed by atoms with van der Waals surface area (Å²) in [5, 5.41) is 9.04. The van der Waals surface area contributed by atoms with Gasteiger partial charge >= 0.3 is 27.1 Å².